The van der Waals surface area contributed by atoms with Crippen LogP contribution < -0.4 is 4.74 Å². The summed E-state index contributed by atoms with van der Waals surface area (Å²) < 4.78 is 7.42. The highest BCUT2D eigenvalue weighted by Gasteiger charge is 2.09. The molecule has 0 aliphatic heterocycles. The minimum absolute atomic E-state index is 0.717. The lowest BCUT2D eigenvalue weighted by Gasteiger charge is -2.10. The first-order valence-corrected chi connectivity index (χ1v) is 5.80. The van der Waals surface area contributed by atoms with E-state index in [0.717, 1.165) is 30.1 Å². The molecule has 0 fully saturated rings. The van der Waals surface area contributed by atoms with Gasteiger partial charge >= 0.3 is 0 Å². The molecule has 17 heavy (non-hydrogen) atoms. The molecule has 2 aromatic rings. The van der Waals surface area contributed by atoms with Gasteiger partial charge in [0.1, 0.15) is 11.4 Å². The summed E-state index contributed by atoms with van der Waals surface area (Å²) >= 11 is 0. The molecule has 0 saturated heterocycles. The van der Waals surface area contributed by atoms with Crippen molar-refractivity contribution >= 4 is 0 Å². The van der Waals surface area contributed by atoms with E-state index in [4.69, 9.17) is 4.74 Å². The number of hydrogen-bond acceptors (Lipinski definition) is 4. The van der Waals surface area contributed by atoms with Gasteiger partial charge in [0.2, 0.25) is 0 Å². The van der Waals surface area contributed by atoms with Gasteiger partial charge in [0.05, 0.1) is 6.61 Å². The van der Waals surface area contributed by atoms with Crippen molar-refractivity contribution in [1.82, 2.24) is 20.2 Å². The predicted octanol–water partition coefficient (Wildman–Crippen LogP) is 2.15. The highest BCUT2D eigenvalue weighted by molar-refractivity contribution is 5.46. The fourth-order valence-corrected chi connectivity index (χ4v) is 1.53. The molecule has 5 heteroatoms. The third-order valence-electron chi connectivity index (χ3n) is 2.47. The molecule has 0 radical (unpaired) electrons. The van der Waals surface area contributed by atoms with E-state index < -0.39 is 0 Å². The highest BCUT2D eigenvalue weighted by atomic mass is 16.5. The van der Waals surface area contributed by atoms with E-state index in [9.17, 15) is 0 Å². The minimum Gasteiger partial charge on any atom is -0.491 e. The van der Waals surface area contributed by atoms with E-state index in [1.165, 1.54) is 0 Å². The van der Waals surface area contributed by atoms with Crippen molar-refractivity contribution in [2.24, 2.45) is 0 Å². The number of tetrazole rings is 1. The van der Waals surface area contributed by atoms with Gasteiger partial charge in [-0.3, -0.25) is 0 Å². The van der Waals surface area contributed by atoms with Crippen LogP contribution in [-0.4, -0.2) is 26.8 Å². The third kappa shape index (κ3) is 2.61. The topological polar surface area (TPSA) is 52.8 Å². The second-order valence-electron chi connectivity index (χ2n) is 3.81. The summed E-state index contributed by atoms with van der Waals surface area (Å²) in [5, 5.41) is 11.5. The van der Waals surface area contributed by atoms with Crippen LogP contribution in [0.2, 0.25) is 0 Å². The molecule has 0 saturated carbocycles. The Morgan fingerprint density at radius 2 is 2.12 bits per heavy atom. The number of para-hydroxylation sites is 2. The molecule has 0 atom stereocenters. The molecule has 5 nitrogen and oxygen atoms in total. The van der Waals surface area contributed by atoms with Crippen LogP contribution in [0, 0.1) is 6.92 Å². The van der Waals surface area contributed by atoms with Crippen LogP contribution in [-0.2, 0) is 0 Å². The van der Waals surface area contributed by atoms with E-state index in [1.54, 1.807) is 4.68 Å². The lowest BCUT2D eigenvalue weighted by atomic mass is 10.3. The number of nitrogens with zero attached hydrogens (tertiary/aromatic N) is 4. The summed E-state index contributed by atoms with van der Waals surface area (Å²) in [6.45, 7) is 4.72. The number of aryl methyl sites for hydroxylation is 1. The number of rotatable bonds is 5. The van der Waals surface area contributed by atoms with Crippen molar-refractivity contribution in [2.45, 2.75) is 26.7 Å². The summed E-state index contributed by atoms with van der Waals surface area (Å²) in [6.07, 6.45) is 2.16. The Morgan fingerprint density at radius 3 is 2.82 bits per heavy atom. The molecule has 0 spiro atoms. The standard InChI is InChI=1S/C12H16N4O/c1-3-4-9-17-12-8-6-5-7-11(12)16-10(2)13-14-15-16/h5-8H,3-4,9H2,1-2H3. The molecule has 2 rings (SSSR count). The van der Waals surface area contributed by atoms with Gasteiger partial charge in [-0.25, -0.2) is 0 Å². The Kier molecular flexibility index (Phi) is 3.69. The van der Waals surface area contributed by atoms with Crippen molar-refractivity contribution in [3.8, 4) is 11.4 Å². The van der Waals surface area contributed by atoms with Crippen LogP contribution >= 0.6 is 0 Å². The van der Waals surface area contributed by atoms with Crippen LogP contribution in [0.1, 0.15) is 25.6 Å². The predicted molar refractivity (Wildman–Crippen MR) is 64.3 cm³/mol. The summed E-state index contributed by atoms with van der Waals surface area (Å²) in [7, 11) is 0. The van der Waals surface area contributed by atoms with Crippen LogP contribution in [0.5, 0.6) is 5.75 Å². The monoisotopic (exact) mass is 232 g/mol. The van der Waals surface area contributed by atoms with Crippen molar-refractivity contribution in [2.75, 3.05) is 6.61 Å². The Labute approximate surface area is 100 Å². The van der Waals surface area contributed by atoms with Gasteiger partial charge in [0.25, 0.3) is 0 Å². The van der Waals surface area contributed by atoms with Crippen molar-refractivity contribution in [3.05, 3.63) is 30.1 Å². The van der Waals surface area contributed by atoms with Crippen LogP contribution in [0.3, 0.4) is 0 Å². The maximum absolute atomic E-state index is 5.74. The van der Waals surface area contributed by atoms with Crippen molar-refractivity contribution in [1.29, 1.82) is 0 Å². The normalized spacial score (nSPS) is 10.5. The van der Waals surface area contributed by atoms with Crippen LogP contribution in [0.25, 0.3) is 5.69 Å². The average Bonchev–Trinajstić information content (AvgIpc) is 2.76. The molecule has 0 N–H and O–H groups in total. The van der Waals surface area contributed by atoms with E-state index in [2.05, 4.69) is 22.4 Å². The fourth-order valence-electron chi connectivity index (χ4n) is 1.53. The quantitative estimate of drug-likeness (QED) is 0.741. The van der Waals surface area contributed by atoms with E-state index >= 15 is 0 Å². The van der Waals surface area contributed by atoms with Gasteiger partial charge in [-0.05, 0) is 35.9 Å². The maximum atomic E-state index is 5.74. The highest BCUT2D eigenvalue weighted by Crippen LogP contribution is 2.22. The van der Waals surface area contributed by atoms with Crippen LogP contribution in [0.15, 0.2) is 24.3 Å². The molecule has 90 valence electrons. The Bertz CT molecular complexity index is 481. The van der Waals surface area contributed by atoms with Crippen molar-refractivity contribution < 1.29 is 4.74 Å². The third-order valence-corrected chi connectivity index (χ3v) is 2.47. The van der Waals surface area contributed by atoms with Gasteiger partial charge in [-0.1, -0.05) is 25.5 Å². The molecule has 0 aliphatic rings. The first kappa shape index (κ1) is 11.6. The minimum atomic E-state index is 0.717. The molecule has 1 aromatic carbocycles. The molecule has 0 bridgehead atoms. The first-order valence-electron chi connectivity index (χ1n) is 5.80. The van der Waals surface area contributed by atoms with Gasteiger partial charge in [0.15, 0.2) is 5.82 Å². The molecule has 0 unspecified atom stereocenters. The van der Waals surface area contributed by atoms with Gasteiger partial charge in [0, 0.05) is 0 Å². The molecular weight excluding hydrogens is 216 g/mol. The summed E-state index contributed by atoms with van der Waals surface area (Å²) in [6, 6.07) is 7.78. The van der Waals surface area contributed by atoms with E-state index in [0.29, 0.717) is 6.61 Å². The van der Waals surface area contributed by atoms with Gasteiger partial charge in [-0.2, -0.15) is 4.68 Å². The molecular formula is C12H16N4O. The Hall–Kier alpha value is -1.91. The molecule has 1 aromatic heterocycles. The zero-order valence-corrected chi connectivity index (χ0v) is 10.1. The van der Waals surface area contributed by atoms with Crippen molar-refractivity contribution in [3.63, 3.8) is 0 Å². The van der Waals surface area contributed by atoms with Gasteiger partial charge in [-0.15, -0.1) is 5.10 Å². The number of ether oxygens (including phenoxy) is 1. The SMILES string of the molecule is CCCCOc1ccccc1-n1nnnc1C. The number of hydrogen-bond donors (Lipinski definition) is 0. The number of unbranched alkanes of at least 4 members (excludes halogenated alkanes) is 1. The maximum Gasteiger partial charge on any atom is 0.153 e. The summed E-state index contributed by atoms with van der Waals surface area (Å²) in [5.41, 5.74) is 0.881. The van der Waals surface area contributed by atoms with Gasteiger partial charge < -0.3 is 4.74 Å². The fraction of sp³-hybridized carbons (Fsp3) is 0.417. The first-order chi connectivity index (χ1) is 8.33. The largest absolute Gasteiger partial charge is 0.491 e. The number of benzene rings is 1. The molecule has 0 aliphatic carbocycles. The van der Waals surface area contributed by atoms with E-state index in [-0.39, 0.29) is 0 Å². The van der Waals surface area contributed by atoms with Crippen LogP contribution in [0.4, 0.5) is 0 Å². The smallest absolute Gasteiger partial charge is 0.153 e. The molecule has 1 heterocycles. The Morgan fingerprint density at radius 1 is 1.29 bits per heavy atom. The Balaban J connectivity index is 2.25. The van der Waals surface area contributed by atoms with E-state index in [1.807, 2.05) is 31.2 Å². The molecule has 0 amide bonds. The summed E-state index contributed by atoms with van der Waals surface area (Å²) in [4.78, 5) is 0. The second kappa shape index (κ2) is 5.43. The second-order valence-corrected chi connectivity index (χ2v) is 3.81. The number of aromatic nitrogens is 4. The average molecular weight is 232 g/mol. The zero-order valence-electron chi connectivity index (χ0n) is 10.1. The zero-order chi connectivity index (χ0) is 12.1. The lowest BCUT2D eigenvalue weighted by molar-refractivity contribution is 0.307. The summed E-state index contributed by atoms with van der Waals surface area (Å²) in [5.74, 6) is 1.56. The lowest BCUT2D eigenvalue weighted by Crippen LogP contribution is -2.04.